The third kappa shape index (κ3) is 4.43. The summed E-state index contributed by atoms with van der Waals surface area (Å²) < 4.78 is 5.31. The van der Waals surface area contributed by atoms with Crippen LogP contribution < -0.4 is 16.3 Å². The van der Waals surface area contributed by atoms with Crippen LogP contribution in [0.3, 0.4) is 0 Å². The lowest BCUT2D eigenvalue weighted by atomic mass is 9.72. The molecule has 8 heteroatoms. The predicted octanol–water partition coefficient (Wildman–Crippen LogP) is 3.21. The molecule has 2 atom stereocenters. The average molecular weight is 471 g/mol. The molecule has 0 saturated carbocycles. The summed E-state index contributed by atoms with van der Waals surface area (Å²) >= 11 is 0. The van der Waals surface area contributed by atoms with Gasteiger partial charge in [-0.15, -0.1) is 0 Å². The van der Waals surface area contributed by atoms with Crippen LogP contribution in [-0.2, 0) is 14.3 Å². The maximum atomic E-state index is 13.7. The van der Waals surface area contributed by atoms with Crippen molar-refractivity contribution in [1.29, 1.82) is 0 Å². The standard InChI is InChI=1S/C27H26N4O4/c1-2-35-25(33)24-23(20-14-8-4-9-15-20)27(26(34)29-28,18-22(32)19-12-6-3-7-13-19)31(30-24)21-16-10-5-11-17-21/h3-17,23H,2,18,28H2,1H3,(H,29,34). The molecule has 0 bridgehead atoms. The van der Waals surface area contributed by atoms with E-state index in [1.54, 1.807) is 85.8 Å². The Morgan fingerprint density at radius 1 is 0.943 bits per heavy atom. The zero-order chi connectivity index (χ0) is 24.8. The maximum absolute atomic E-state index is 13.7. The van der Waals surface area contributed by atoms with Crippen molar-refractivity contribution < 1.29 is 19.1 Å². The molecule has 0 aromatic heterocycles. The molecule has 178 valence electrons. The Morgan fingerprint density at radius 2 is 1.51 bits per heavy atom. The van der Waals surface area contributed by atoms with E-state index in [4.69, 9.17) is 10.6 Å². The molecule has 1 aliphatic heterocycles. The van der Waals surface area contributed by atoms with E-state index >= 15 is 0 Å². The van der Waals surface area contributed by atoms with Crippen LogP contribution in [0, 0.1) is 0 Å². The Labute approximate surface area is 203 Å². The van der Waals surface area contributed by atoms with Crippen molar-refractivity contribution in [1.82, 2.24) is 5.43 Å². The smallest absolute Gasteiger partial charge is 0.355 e. The van der Waals surface area contributed by atoms with Gasteiger partial charge in [0.1, 0.15) is 0 Å². The van der Waals surface area contributed by atoms with Crippen LogP contribution in [0.1, 0.15) is 35.2 Å². The number of rotatable bonds is 8. The van der Waals surface area contributed by atoms with Crippen molar-refractivity contribution in [3.8, 4) is 0 Å². The van der Waals surface area contributed by atoms with Crippen LogP contribution in [0.15, 0.2) is 96.1 Å². The van der Waals surface area contributed by atoms with Crippen LogP contribution in [0.5, 0.6) is 0 Å². The van der Waals surface area contributed by atoms with Crippen molar-refractivity contribution in [3.05, 3.63) is 102 Å². The highest BCUT2D eigenvalue weighted by Gasteiger charge is 2.60. The molecule has 0 spiro atoms. The molecule has 0 saturated heterocycles. The van der Waals surface area contributed by atoms with Gasteiger partial charge in [0.05, 0.1) is 18.2 Å². The van der Waals surface area contributed by atoms with Crippen molar-refractivity contribution in [2.75, 3.05) is 11.6 Å². The Kier molecular flexibility index (Phi) is 7.03. The van der Waals surface area contributed by atoms with Gasteiger partial charge in [-0.05, 0) is 24.6 Å². The lowest BCUT2D eigenvalue weighted by Crippen LogP contribution is -2.61. The molecular weight excluding hydrogens is 444 g/mol. The van der Waals surface area contributed by atoms with Gasteiger partial charge in [-0.3, -0.25) is 15.0 Å². The second-order valence-corrected chi connectivity index (χ2v) is 8.06. The number of amides is 1. The van der Waals surface area contributed by atoms with Gasteiger partial charge in [0.25, 0.3) is 5.91 Å². The van der Waals surface area contributed by atoms with Crippen molar-refractivity contribution >= 4 is 29.1 Å². The highest BCUT2D eigenvalue weighted by Crippen LogP contribution is 2.46. The van der Waals surface area contributed by atoms with Crippen LogP contribution in [0.25, 0.3) is 0 Å². The summed E-state index contributed by atoms with van der Waals surface area (Å²) in [4.78, 5) is 40.4. The molecule has 0 aliphatic carbocycles. The largest absolute Gasteiger partial charge is 0.461 e. The van der Waals surface area contributed by atoms with Gasteiger partial charge in [-0.2, -0.15) is 5.10 Å². The number of ether oxygens (including phenoxy) is 1. The number of hydrogen-bond acceptors (Lipinski definition) is 7. The van der Waals surface area contributed by atoms with Crippen molar-refractivity contribution in [3.63, 3.8) is 0 Å². The van der Waals surface area contributed by atoms with Gasteiger partial charge in [0.15, 0.2) is 17.0 Å². The molecule has 8 nitrogen and oxygen atoms in total. The lowest BCUT2D eigenvalue weighted by molar-refractivity contribution is -0.135. The van der Waals surface area contributed by atoms with Crippen LogP contribution in [0.4, 0.5) is 5.69 Å². The van der Waals surface area contributed by atoms with E-state index in [1.165, 1.54) is 5.01 Å². The molecule has 3 aromatic rings. The molecule has 1 amide bonds. The molecule has 0 fully saturated rings. The summed E-state index contributed by atoms with van der Waals surface area (Å²) in [6, 6.07) is 26.6. The first-order chi connectivity index (χ1) is 17.0. The summed E-state index contributed by atoms with van der Waals surface area (Å²) in [6.07, 6.45) is -0.291. The Hall–Kier alpha value is -4.30. The fraction of sp³-hybridized carbons (Fsp3) is 0.185. The Balaban J connectivity index is 1.97. The minimum atomic E-state index is -1.67. The van der Waals surface area contributed by atoms with Gasteiger partial charge < -0.3 is 4.74 Å². The number of hydrazone groups is 1. The second kappa shape index (κ2) is 10.3. The van der Waals surface area contributed by atoms with Gasteiger partial charge in [-0.1, -0.05) is 78.9 Å². The fourth-order valence-electron chi connectivity index (χ4n) is 4.48. The monoisotopic (exact) mass is 470 g/mol. The zero-order valence-corrected chi connectivity index (χ0v) is 19.3. The quantitative estimate of drug-likeness (QED) is 0.172. The summed E-state index contributed by atoms with van der Waals surface area (Å²) in [5, 5.41) is 6.04. The number of Topliss-reactive ketones (excluding diaryl/α,β-unsaturated/α-hetero) is 1. The number of para-hydroxylation sites is 1. The number of carbonyl (C=O) groups is 3. The van der Waals surface area contributed by atoms with Crippen molar-refractivity contribution in [2.24, 2.45) is 10.9 Å². The first kappa shape index (κ1) is 23.8. The minimum absolute atomic E-state index is 0.0198. The minimum Gasteiger partial charge on any atom is -0.461 e. The summed E-state index contributed by atoms with van der Waals surface area (Å²) in [5.41, 5.74) is 2.17. The third-order valence-corrected chi connectivity index (χ3v) is 6.01. The average Bonchev–Trinajstić information content (AvgIpc) is 3.25. The van der Waals surface area contributed by atoms with E-state index in [-0.39, 0.29) is 24.5 Å². The van der Waals surface area contributed by atoms with Crippen LogP contribution >= 0.6 is 0 Å². The van der Waals surface area contributed by atoms with Crippen molar-refractivity contribution in [2.45, 2.75) is 24.8 Å². The third-order valence-electron chi connectivity index (χ3n) is 6.01. The number of nitrogens with two attached hydrogens (primary N) is 1. The highest BCUT2D eigenvalue weighted by molar-refractivity contribution is 6.41. The molecule has 4 rings (SSSR count). The molecule has 3 aromatic carbocycles. The number of hydrazine groups is 1. The van der Waals surface area contributed by atoms with Crippen LogP contribution in [0.2, 0.25) is 0 Å². The van der Waals surface area contributed by atoms with E-state index in [2.05, 4.69) is 10.5 Å². The number of esters is 1. The van der Waals surface area contributed by atoms with Gasteiger partial charge in [0.2, 0.25) is 0 Å². The number of carbonyl (C=O) groups excluding carboxylic acids is 3. The summed E-state index contributed by atoms with van der Waals surface area (Å²) in [5.74, 6) is 3.17. The highest BCUT2D eigenvalue weighted by atomic mass is 16.5. The topological polar surface area (TPSA) is 114 Å². The van der Waals surface area contributed by atoms with E-state index in [0.717, 1.165) is 0 Å². The Morgan fingerprint density at radius 3 is 2.09 bits per heavy atom. The number of anilines is 1. The summed E-state index contributed by atoms with van der Waals surface area (Å²) in [6.45, 7) is 1.82. The maximum Gasteiger partial charge on any atom is 0.355 e. The first-order valence-electron chi connectivity index (χ1n) is 11.3. The van der Waals surface area contributed by atoms with E-state index in [0.29, 0.717) is 16.8 Å². The van der Waals surface area contributed by atoms with Gasteiger partial charge >= 0.3 is 5.97 Å². The molecule has 1 aliphatic rings. The lowest BCUT2D eigenvalue weighted by Gasteiger charge is -2.39. The number of benzene rings is 3. The van der Waals surface area contributed by atoms with E-state index < -0.39 is 23.3 Å². The molecule has 3 N–H and O–H groups in total. The molecule has 1 heterocycles. The van der Waals surface area contributed by atoms with Gasteiger partial charge in [0, 0.05) is 12.0 Å². The first-order valence-corrected chi connectivity index (χ1v) is 11.3. The number of nitrogens with zero attached hydrogens (tertiary/aromatic N) is 2. The molecule has 35 heavy (non-hydrogen) atoms. The second-order valence-electron chi connectivity index (χ2n) is 8.06. The SMILES string of the molecule is CCOC(=O)C1=NN(c2ccccc2)C(CC(=O)c2ccccc2)(C(=O)NN)C1c1ccccc1. The fourth-order valence-corrected chi connectivity index (χ4v) is 4.48. The molecular formula is C27H26N4O4. The predicted molar refractivity (Wildman–Crippen MR) is 133 cm³/mol. The van der Waals surface area contributed by atoms with E-state index in [1.807, 2.05) is 12.1 Å². The van der Waals surface area contributed by atoms with E-state index in [9.17, 15) is 14.4 Å². The number of ketones is 1. The molecule has 2 unspecified atom stereocenters. The number of hydrogen-bond donors (Lipinski definition) is 2. The van der Waals surface area contributed by atoms with Crippen LogP contribution in [-0.4, -0.2) is 35.5 Å². The Bertz CT molecular complexity index is 1230. The normalized spacial score (nSPS) is 19.1. The summed E-state index contributed by atoms with van der Waals surface area (Å²) in [7, 11) is 0. The zero-order valence-electron chi connectivity index (χ0n) is 19.3. The molecule has 0 radical (unpaired) electrons. The van der Waals surface area contributed by atoms with Gasteiger partial charge in [-0.25, -0.2) is 15.6 Å². The number of nitrogens with one attached hydrogen (secondary N) is 1.